The second kappa shape index (κ2) is 8.08. The second-order valence-electron chi connectivity index (χ2n) is 7.48. The Bertz CT molecular complexity index is 1400. The fourth-order valence-corrected chi connectivity index (χ4v) is 4.40. The van der Waals surface area contributed by atoms with Crippen LogP contribution in [0, 0.1) is 6.92 Å². The third-order valence-corrected chi connectivity index (χ3v) is 6.18. The fourth-order valence-electron chi connectivity index (χ4n) is 3.53. The van der Waals surface area contributed by atoms with E-state index in [1.807, 2.05) is 32.2 Å². The number of fused-ring (bicyclic) bond motifs is 1. The van der Waals surface area contributed by atoms with Crippen molar-refractivity contribution in [1.82, 2.24) is 44.9 Å². The molecule has 170 valence electrons. The molecule has 0 fully saturated rings. The molecule has 0 aromatic carbocycles. The number of rotatable bonds is 6. The van der Waals surface area contributed by atoms with Gasteiger partial charge in [-0.1, -0.05) is 5.21 Å². The van der Waals surface area contributed by atoms with Gasteiger partial charge in [0.1, 0.15) is 17.8 Å². The van der Waals surface area contributed by atoms with E-state index in [0.717, 1.165) is 25.7 Å². The summed E-state index contributed by atoms with van der Waals surface area (Å²) in [4.78, 5) is 10.6. The van der Waals surface area contributed by atoms with E-state index in [1.54, 1.807) is 28.0 Å². The highest BCUT2D eigenvalue weighted by atomic mass is 32.1. The number of pyridine rings is 1. The van der Waals surface area contributed by atoms with E-state index in [2.05, 4.69) is 35.8 Å². The molecule has 2 N–H and O–H groups in total. The van der Waals surface area contributed by atoms with Gasteiger partial charge in [-0.2, -0.15) is 18.3 Å². The Morgan fingerprint density at radius 2 is 2.06 bits per heavy atom. The molecule has 1 unspecified atom stereocenters. The molecule has 5 rings (SSSR count). The topological polar surface area (TPSA) is 102 Å². The van der Waals surface area contributed by atoms with Gasteiger partial charge in [0.05, 0.1) is 29.0 Å². The summed E-state index contributed by atoms with van der Waals surface area (Å²) in [5, 5.41) is 17.2. The van der Waals surface area contributed by atoms with Gasteiger partial charge in [0.2, 0.25) is 0 Å². The smallest absolute Gasteiger partial charge is 0.303 e. The maximum Gasteiger partial charge on any atom is 0.435 e. The number of nitrogens with one attached hydrogen (secondary N) is 2. The molecule has 0 aliphatic carbocycles. The lowest BCUT2D eigenvalue weighted by atomic mass is 10.2. The molecule has 5 aromatic heterocycles. The first-order valence-corrected chi connectivity index (χ1v) is 10.8. The highest BCUT2D eigenvalue weighted by molar-refractivity contribution is 7.15. The number of halogens is 3. The van der Waals surface area contributed by atoms with Crippen LogP contribution in [0.25, 0.3) is 21.9 Å². The Kier molecular flexibility index (Phi) is 5.21. The predicted octanol–water partition coefficient (Wildman–Crippen LogP) is 3.94. The van der Waals surface area contributed by atoms with Crippen molar-refractivity contribution in [3.63, 3.8) is 0 Å². The minimum atomic E-state index is -4.62. The molecule has 33 heavy (non-hydrogen) atoms. The molecule has 0 saturated carbocycles. The van der Waals surface area contributed by atoms with Crippen molar-refractivity contribution >= 4 is 17.0 Å². The van der Waals surface area contributed by atoms with Gasteiger partial charge in [-0.15, -0.1) is 16.4 Å². The SMILES string of the molecule is Cc1ccc(-c2cnc3c(-n4nncc4C(F)(F)F)cc(CNC(C)c4ncn[nH]4)cn23)s1. The Labute approximate surface area is 189 Å². The van der Waals surface area contributed by atoms with Crippen LogP contribution in [0.2, 0.25) is 0 Å². The molecule has 5 heterocycles. The van der Waals surface area contributed by atoms with Crippen molar-refractivity contribution in [2.45, 2.75) is 32.6 Å². The van der Waals surface area contributed by atoms with Gasteiger partial charge < -0.3 is 5.32 Å². The summed E-state index contributed by atoms with van der Waals surface area (Å²) in [6, 6.07) is 5.45. The minimum Gasteiger partial charge on any atom is -0.303 e. The highest BCUT2D eigenvalue weighted by Crippen LogP contribution is 2.33. The third-order valence-electron chi connectivity index (χ3n) is 5.16. The molecular formula is C20H18F3N9S. The number of aromatic amines is 1. The van der Waals surface area contributed by atoms with E-state index in [9.17, 15) is 13.2 Å². The summed E-state index contributed by atoms with van der Waals surface area (Å²) in [5.74, 6) is 0.657. The van der Waals surface area contributed by atoms with Crippen LogP contribution in [0.4, 0.5) is 13.2 Å². The first-order chi connectivity index (χ1) is 15.8. The van der Waals surface area contributed by atoms with Crippen molar-refractivity contribution in [3.8, 4) is 16.3 Å². The van der Waals surface area contributed by atoms with E-state index in [1.165, 1.54) is 6.33 Å². The molecule has 5 aromatic rings. The number of imidazole rings is 1. The van der Waals surface area contributed by atoms with E-state index < -0.39 is 11.9 Å². The van der Waals surface area contributed by atoms with Gasteiger partial charge >= 0.3 is 6.18 Å². The lowest BCUT2D eigenvalue weighted by molar-refractivity contribution is -0.142. The maximum absolute atomic E-state index is 13.6. The van der Waals surface area contributed by atoms with Crippen LogP contribution in [0.1, 0.15) is 34.9 Å². The monoisotopic (exact) mass is 473 g/mol. The van der Waals surface area contributed by atoms with Crippen LogP contribution in [-0.4, -0.2) is 39.6 Å². The molecule has 0 aliphatic rings. The summed E-state index contributed by atoms with van der Waals surface area (Å²) in [6.45, 7) is 4.27. The highest BCUT2D eigenvalue weighted by Gasteiger charge is 2.36. The maximum atomic E-state index is 13.6. The van der Waals surface area contributed by atoms with Crippen LogP contribution in [0.3, 0.4) is 0 Å². The predicted molar refractivity (Wildman–Crippen MR) is 115 cm³/mol. The van der Waals surface area contributed by atoms with Gasteiger partial charge in [0.25, 0.3) is 0 Å². The van der Waals surface area contributed by atoms with Gasteiger partial charge in [-0.05, 0) is 37.6 Å². The molecule has 0 bridgehead atoms. The molecule has 0 saturated heterocycles. The lowest BCUT2D eigenvalue weighted by Gasteiger charge is -2.15. The number of hydrogen-bond acceptors (Lipinski definition) is 7. The molecule has 0 radical (unpaired) electrons. The summed E-state index contributed by atoms with van der Waals surface area (Å²) in [5.41, 5.74) is 1.08. The van der Waals surface area contributed by atoms with Gasteiger partial charge in [-0.25, -0.2) is 14.6 Å². The van der Waals surface area contributed by atoms with E-state index in [4.69, 9.17) is 0 Å². The van der Waals surface area contributed by atoms with Crippen molar-refractivity contribution in [1.29, 1.82) is 0 Å². The van der Waals surface area contributed by atoms with Crippen LogP contribution >= 0.6 is 11.3 Å². The standard InChI is InChI=1S/C20H18F3N9S/c1-11-3-4-16(33-11)15-7-25-19-14(32-17(8-27-30-32)20(21,22)23)5-13(9-31(15)19)6-24-12(2)18-26-10-28-29-18/h3-5,7-10,12,24H,6H2,1-2H3,(H,26,28,29). The average molecular weight is 473 g/mol. The summed E-state index contributed by atoms with van der Waals surface area (Å²) >= 11 is 1.58. The second-order valence-corrected chi connectivity index (χ2v) is 8.77. The molecule has 13 heteroatoms. The summed E-state index contributed by atoms with van der Waals surface area (Å²) in [7, 11) is 0. The molecule has 0 amide bonds. The number of alkyl halides is 3. The summed E-state index contributed by atoms with van der Waals surface area (Å²) < 4.78 is 43.4. The van der Waals surface area contributed by atoms with Gasteiger partial charge in [-0.3, -0.25) is 9.50 Å². The minimum absolute atomic E-state index is 0.147. The van der Waals surface area contributed by atoms with Crippen LogP contribution < -0.4 is 5.32 Å². The van der Waals surface area contributed by atoms with Gasteiger partial charge in [0.15, 0.2) is 11.3 Å². The van der Waals surface area contributed by atoms with Crippen molar-refractivity contribution in [2.75, 3.05) is 0 Å². The molecule has 9 nitrogen and oxygen atoms in total. The molecular weight excluding hydrogens is 455 g/mol. The molecule has 1 atom stereocenters. The normalized spacial score (nSPS) is 13.1. The first kappa shape index (κ1) is 21.3. The van der Waals surface area contributed by atoms with E-state index in [-0.39, 0.29) is 11.7 Å². The average Bonchev–Trinajstić information content (AvgIpc) is 3.57. The number of aromatic nitrogens is 8. The Balaban J connectivity index is 1.62. The number of nitrogens with zero attached hydrogens (tertiary/aromatic N) is 7. The van der Waals surface area contributed by atoms with Crippen LogP contribution in [0.15, 0.2) is 43.1 Å². The van der Waals surface area contributed by atoms with Gasteiger partial charge in [0, 0.05) is 17.6 Å². The number of hydrogen-bond donors (Lipinski definition) is 2. The molecule has 0 aliphatic heterocycles. The zero-order valence-corrected chi connectivity index (χ0v) is 18.3. The van der Waals surface area contributed by atoms with Crippen molar-refractivity contribution in [2.24, 2.45) is 0 Å². The van der Waals surface area contributed by atoms with Crippen molar-refractivity contribution in [3.05, 3.63) is 65.1 Å². The van der Waals surface area contributed by atoms with Crippen molar-refractivity contribution < 1.29 is 13.2 Å². The van der Waals surface area contributed by atoms with Crippen LogP contribution in [-0.2, 0) is 12.7 Å². The summed E-state index contributed by atoms with van der Waals surface area (Å²) in [6.07, 6.45) is 1.03. The Morgan fingerprint density at radius 1 is 1.21 bits per heavy atom. The zero-order valence-electron chi connectivity index (χ0n) is 17.5. The van der Waals surface area contributed by atoms with Crippen LogP contribution in [0.5, 0.6) is 0 Å². The number of aryl methyl sites for hydroxylation is 1. The largest absolute Gasteiger partial charge is 0.435 e. The lowest BCUT2D eigenvalue weighted by Crippen LogP contribution is -2.20. The third kappa shape index (κ3) is 4.00. The first-order valence-electron chi connectivity index (χ1n) is 9.95. The Hall–Kier alpha value is -3.58. The van der Waals surface area contributed by atoms with E-state index >= 15 is 0 Å². The zero-order chi connectivity index (χ0) is 23.2. The van der Waals surface area contributed by atoms with E-state index in [0.29, 0.717) is 24.2 Å². The Morgan fingerprint density at radius 3 is 2.76 bits per heavy atom. The number of thiophene rings is 1. The quantitative estimate of drug-likeness (QED) is 0.387. The number of H-pyrrole nitrogens is 1. The fraction of sp³-hybridized carbons (Fsp3) is 0.250. The molecule has 0 spiro atoms.